The monoisotopic (exact) mass is 378 g/mol. The quantitative estimate of drug-likeness (QED) is 0.688. The van der Waals surface area contributed by atoms with Gasteiger partial charge in [-0.15, -0.1) is 0 Å². The van der Waals surface area contributed by atoms with Crippen LogP contribution in [0.4, 0.5) is 13.2 Å². The van der Waals surface area contributed by atoms with E-state index in [1.54, 1.807) is 36.1 Å². The molecular weight excluding hydrogens is 361 g/mol. The van der Waals surface area contributed by atoms with Gasteiger partial charge in [-0.2, -0.15) is 18.3 Å². The maximum Gasteiger partial charge on any atom is 0.435 e. The van der Waals surface area contributed by atoms with Gasteiger partial charge in [0.15, 0.2) is 11.3 Å². The molecule has 3 heterocycles. The molecule has 0 spiro atoms. The number of rotatable bonds is 2. The van der Waals surface area contributed by atoms with Gasteiger partial charge in [0, 0.05) is 18.5 Å². The lowest BCUT2D eigenvalue weighted by Crippen LogP contribution is -2.42. The molecule has 6 nitrogen and oxygen atoms in total. The number of nitrogens with zero attached hydrogens (tertiary/aromatic N) is 4. The van der Waals surface area contributed by atoms with Crippen molar-refractivity contribution in [3.63, 3.8) is 0 Å². The Morgan fingerprint density at radius 3 is 2.63 bits per heavy atom. The normalized spacial score (nSPS) is 15.6. The molecule has 1 aliphatic heterocycles. The van der Waals surface area contributed by atoms with Gasteiger partial charge >= 0.3 is 6.18 Å². The smallest absolute Gasteiger partial charge is 0.378 e. The van der Waals surface area contributed by atoms with Crippen LogP contribution in [-0.2, 0) is 22.3 Å². The maximum absolute atomic E-state index is 13.6. The zero-order valence-corrected chi connectivity index (χ0v) is 14.6. The Labute approximate surface area is 152 Å². The van der Waals surface area contributed by atoms with E-state index in [1.807, 2.05) is 0 Å². The SMILES string of the molecule is Cc1c2ccccc2nc2c1c(C(F)(F)F)nn2CC(=O)N1CCOCC1. The zero-order chi connectivity index (χ0) is 19.2. The second-order valence-electron chi connectivity index (χ2n) is 6.45. The number of amides is 1. The van der Waals surface area contributed by atoms with E-state index >= 15 is 0 Å². The summed E-state index contributed by atoms with van der Waals surface area (Å²) in [4.78, 5) is 18.5. The van der Waals surface area contributed by atoms with Crippen LogP contribution in [-0.4, -0.2) is 51.9 Å². The predicted molar refractivity (Wildman–Crippen MR) is 92.2 cm³/mol. The summed E-state index contributed by atoms with van der Waals surface area (Å²) in [6, 6.07) is 6.98. The van der Waals surface area contributed by atoms with Crippen molar-refractivity contribution < 1.29 is 22.7 Å². The lowest BCUT2D eigenvalue weighted by molar-refractivity contribution is -0.141. The minimum Gasteiger partial charge on any atom is -0.378 e. The average Bonchev–Trinajstić information content (AvgIpc) is 3.02. The van der Waals surface area contributed by atoms with Gasteiger partial charge in [0.05, 0.1) is 24.1 Å². The molecule has 1 aromatic carbocycles. The Balaban J connectivity index is 1.86. The minimum atomic E-state index is -4.64. The van der Waals surface area contributed by atoms with E-state index in [2.05, 4.69) is 10.1 Å². The number of aromatic nitrogens is 3. The number of morpholine rings is 1. The standard InChI is InChI=1S/C18H17F3N4O2/c1-11-12-4-2-3-5-13(12)22-17-15(11)16(18(19,20)21)23-25(17)10-14(26)24-6-8-27-9-7-24/h2-5H,6-10H2,1H3. The van der Waals surface area contributed by atoms with Crippen LogP contribution in [0.1, 0.15) is 11.3 Å². The van der Waals surface area contributed by atoms with E-state index < -0.39 is 11.9 Å². The number of carbonyl (C=O) groups excluding carboxylic acids is 1. The number of halogens is 3. The summed E-state index contributed by atoms with van der Waals surface area (Å²) in [5.41, 5.74) is 0.0763. The molecule has 0 atom stereocenters. The molecule has 0 aliphatic carbocycles. The Morgan fingerprint density at radius 2 is 1.93 bits per heavy atom. The topological polar surface area (TPSA) is 60.2 Å². The molecule has 27 heavy (non-hydrogen) atoms. The van der Waals surface area contributed by atoms with Crippen LogP contribution in [0.2, 0.25) is 0 Å². The summed E-state index contributed by atoms with van der Waals surface area (Å²) in [5, 5.41) is 4.30. The first-order valence-electron chi connectivity index (χ1n) is 8.55. The van der Waals surface area contributed by atoms with Crippen LogP contribution in [0.3, 0.4) is 0 Å². The number of benzene rings is 1. The highest BCUT2D eigenvalue weighted by Crippen LogP contribution is 2.37. The molecular formula is C18H17F3N4O2. The van der Waals surface area contributed by atoms with Gasteiger partial charge in [-0.1, -0.05) is 18.2 Å². The second-order valence-corrected chi connectivity index (χ2v) is 6.45. The van der Waals surface area contributed by atoms with Crippen molar-refractivity contribution >= 4 is 27.8 Å². The van der Waals surface area contributed by atoms with Gasteiger partial charge < -0.3 is 9.64 Å². The zero-order valence-electron chi connectivity index (χ0n) is 14.6. The van der Waals surface area contributed by atoms with Gasteiger partial charge in [-0.3, -0.25) is 4.79 Å². The number of ether oxygens (including phenoxy) is 1. The molecule has 0 bridgehead atoms. The second kappa shape index (κ2) is 6.49. The van der Waals surface area contributed by atoms with E-state index in [4.69, 9.17) is 4.74 Å². The highest BCUT2D eigenvalue weighted by Gasteiger charge is 2.38. The summed E-state index contributed by atoms with van der Waals surface area (Å²) in [6.07, 6.45) is -4.64. The number of aryl methyl sites for hydroxylation is 1. The van der Waals surface area contributed by atoms with Gasteiger partial charge in [-0.25, -0.2) is 9.67 Å². The van der Waals surface area contributed by atoms with Gasteiger partial charge in [0.2, 0.25) is 5.91 Å². The van der Waals surface area contributed by atoms with Crippen LogP contribution < -0.4 is 0 Å². The summed E-state index contributed by atoms with van der Waals surface area (Å²) >= 11 is 0. The molecule has 2 aromatic heterocycles. The van der Waals surface area contributed by atoms with Crippen LogP contribution >= 0.6 is 0 Å². The first kappa shape index (κ1) is 17.7. The number of alkyl halides is 3. The lowest BCUT2D eigenvalue weighted by Gasteiger charge is -2.26. The van der Waals surface area contributed by atoms with Crippen molar-refractivity contribution in [2.24, 2.45) is 0 Å². The number of fused-ring (bicyclic) bond motifs is 2. The fourth-order valence-corrected chi connectivity index (χ4v) is 3.40. The molecule has 1 saturated heterocycles. The Morgan fingerprint density at radius 1 is 1.22 bits per heavy atom. The number of para-hydroxylation sites is 1. The fraction of sp³-hybridized carbons (Fsp3) is 0.389. The summed E-state index contributed by atoms with van der Waals surface area (Å²) < 4.78 is 47.0. The molecule has 142 valence electrons. The highest BCUT2D eigenvalue weighted by molar-refractivity contribution is 5.97. The van der Waals surface area contributed by atoms with Gasteiger partial charge in [0.25, 0.3) is 0 Å². The van der Waals surface area contributed by atoms with E-state index in [9.17, 15) is 18.0 Å². The number of carbonyl (C=O) groups is 1. The van der Waals surface area contributed by atoms with E-state index in [1.165, 1.54) is 0 Å². The number of pyridine rings is 1. The third-order valence-corrected chi connectivity index (χ3v) is 4.75. The molecule has 9 heteroatoms. The summed E-state index contributed by atoms with van der Waals surface area (Å²) in [5.74, 6) is -0.302. The Hall–Kier alpha value is -2.68. The molecule has 1 aliphatic rings. The third kappa shape index (κ3) is 3.12. The van der Waals surface area contributed by atoms with E-state index in [-0.39, 0.29) is 23.5 Å². The lowest BCUT2D eigenvalue weighted by atomic mass is 10.1. The largest absolute Gasteiger partial charge is 0.435 e. The fourth-order valence-electron chi connectivity index (χ4n) is 3.40. The van der Waals surface area contributed by atoms with Crippen molar-refractivity contribution in [1.82, 2.24) is 19.7 Å². The number of hydrogen-bond donors (Lipinski definition) is 0. The van der Waals surface area contributed by atoms with Crippen LogP contribution in [0.15, 0.2) is 24.3 Å². The van der Waals surface area contributed by atoms with Crippen molar-refractivity contribution in [2.45, 2.75) is 19.6 Å². The summed E-state index contributed by atoms with van der Waals surface area (Å²) in [6.45, 7) is 3.00. The highest BCUT2D eigenvalue weighted by atomic mass is 19.4. The molecule has 0 N–H and O–H groups in total. The van der Waals surface area contributed by atoms with Crippen LogP contribution in [0.5, 0.6) is 0 Å². The van der Waals surface area contributed by atoms with Crippen molar-refractivity contribution in [1.29, 1.82) is 0 Å². The number of hydrogen-bond acceptors (Lipinski definition) is 4. The first-order chi connectivity index (χ1) is 12.9. The van der Waals surface area contributed by atoms with Crippen LogP contribution in [0.25, 0.3) is 21.9 Å². The van der Waals surface area contributed by atoms with E-state index in [0.717, 1.165) is 4.68 Å². The van der Waals surface area contributed by atoms with Crippen LogP contribution in [0, 0.1) is 6.92 Å². The molecule has 0 saturated carbocycles. The molecule has 1 amide bonds. The average molecular weight is 378 g/mol. The molecule has 0 unspecified atom stereocenters. The van der Waals surface area contributed by atoms with Gasteiger partial charge in [0.1, 0.15) is 6.54 Å². The minimum absolute atomic E-state index is 0.0593. The molecule has 4 rings (SSSR count). The third-order valence-electron chi connectivity index (χ3n) is 4.75. The molecule has 1 fully saturated rings. The van der Waals surface area contributed by atoms with Crippen molar-refractivity contribution in [3.8, 4) is 0 Å². The molecule has 3 aromatic rings. The summed E-state index contributed by atoms with van der Waals surface area (Å²) in [7, 11) is 0. The first-order valence-corrected chi connectivity index (χ1v) is 8.55. The Kier molecular flexibility index (Phi) is 4.26. The predicted octanol–water partition coefficient (Wildman–Crippen LogP) is 2.77. The van der Waals surface area contributed by atoms with Gasteiger partial charge in [-0.05, 0) is 18.6 Å². The van der Waals surface area contributed by atoms with E-state index in [0.29, 0.717) is 42.8 Å². The maximum atomic E-state index is 13.6. The van der Waals surface area contributed by atoms with Crippen molar-refractivity contribution in [3.05, 3.63) is 35.5 Å². The molecule has 0 radical (unpaired) electrons. The Bertz CT molecular complexity index is 1020. The van der Waals surface area contributed by atoms with Crippen molar-refractivity contribution in [2.75, 3.05) is 26.3 Å².